The van der Waals surface area contributed by atoms with E-state index in [4.69, 9.17) is 0 Å². The normalized spacial score (nSPS) is 32.1. The van der Waals surface area contributed by atoms with E-state index in [0.717, 1.165) is 23.2 Å². The van der Waals surface area contributed by atoms with Crippen molar-refractivity contribution in [3.63, 3.8) is 0 Å². The maximum atomic E-state index is 13.3. The fourth-order valence-electron chi connectivity index (χ4n) is 6.06. The third-order valence-corrected chi connectivity index (χ3v) is 7.67. The first kappa shape index (κ1) is 18.6. The lowest BCUT2D eigenvalue weighted by Gasteiger charge is -2.37. The Balaban J connectivity index is 1.29. The number of benzene rings is 2. The van der Waals surface area contributed by atoms with Crippen LogP contribution in [0.25, 0.3) is 0 Å². The lowest BCUT2D eigenvalue weighted by molar-refractivity contribution is -0.124. The number of nitrogens with one attached hydrogen (secondary N) is 1. The zero-order valence-corrected chi connectivity index (χ0v) is 17.5. The van der Waals surface area contributed by atoms with Gasteiger partial charge in [0.15, 0.2) is 0 Å². The Morgan fingerprint density at radius 2 is 1.61 bits per heavy atom. The molecule has 1 saturated heterocycles. The Morgan fingerprint density at radius 1 is 0.935 bits per heavy atom. The van der Waals surface area contributed by atoms with E-state index in [2.05, 4.69) is 17.5 Å². The first-order valence-corrected chi connectivity index (χ1v) is 11.0. The van der Waals surface area contributed by atoms with E-state index >= 15 is 0 Å². The summed E-state index contributed by atoms with van der Waals surface area (Å²) in [5.41, 5.74) is 3.72. The van der Waals surface area contributed by atoms with Crippen LogP contribution in [0.5, 0.6) is 0 Å². The Bertz CT molecular complexity index is 1150. The Kier molecular flexibility index (Phi) is 3.83. The summed E-state index contributed by atoms with van der Waals surface area (Å²) in [5, 5.41) is 2.96. The topological polar surface area (TPSA) is 66.5 Å². The number of amides is 3. The second-order valence-corrected chi connectivity index (χ2v) is 9.49. The molecule has 5 aliphatic rings. The van der Waals surface area contributed by atoms with Crippen molar-refractivity contribution in [2.75, 3.05) is 10.2 Å². The van der Waals surface area contributed by atoms with Gasteiger partial charge >= 0.3 is 0 Å². The highest BCUT2D eigenvalue weighted by Gasteiger charge is 2.67. The lowest BCUT2D eigenvalue weighted by atomic mass is 9.63. The summed E-state index contributed by atoms with van der Waals surface area (Å²) < 4.78 is 0. The third-order valence-electron chi connectivity index (χ3n) is 7.67. The highest BCUT2D eigenvalue weighted by molar-refractivity contribution is 6.23. The van der Waals surface area contributed by atoms with Crippen molar-refractivity contribution < 1.29 is 14.4 Å². The molecule has 7 rings (SSSR count). The van der Waals surface area contributed by atoms with Crippen LogP contribution in [0.3, 0.4) is 0 Å². The molecular weight excluding hydrogens is 388 g/mol. The van der Waals surface area contributed by atoms with Crippen molar-refractivity contribution in [1.82, 2.24) is 0 Å². The van der Waals surface area contributed by atoms with Crippen LogP contribution < -0.4 is 10.2 Å². The van der Waals surface area contributed by atoms with Gasteiger partial charge < -0.3 is 5.32 Å². The van der Waals surface area contributed by atoms with Crippen LogP contribution >= 0.6 is 0 Å². The number of hydrogen-bond donors (Lipinski definition) is 1. The molecule has 0 radical (unpaired) electrons. The molecule has 1 heterocycles. The van der Waals surface area contributed by atoms with E-state index in [-0.39, 0.29) is 41.4 Å². The van der Waals surface area contributed by atoms with Crippen molar-refractivity contribution in [1.29, 1.82) is 0 Å². The van der Waals surface area contributed by atoms with Gasteiger partial charge in [0.05, 0.1) is 17.5 Å². The molecule has 2 aromatic rings. The highest BCUT2D eigenvalue weighted by Crippen LogP contribution is 2.65. The first-order valence-electron chi connectivity index (χ1n) is 11.0. The monoisotopic (exact) mass is 412 g/mol. The first-order chi connectivity index (χ1) is 14.9. The van der Waals surface area contributed by atoms with Gasteiger partial charge in [-0.3, -0.25) is 14.4 Å². The summed E-state index contributed by atoms with van der Waals surface area (Å²) >= 11 is 0. The van der Waals surface area contributed by atoms with Gasteiger partial charge in [0.25, 0.3) is 5.91 Å². The minimum atomic E-state index is -0.255. The summed E-state index contributed by atoms with van der Waals surface area (Å²) in [5.74, 6) is 0.589. The van der Waals surface area contributed by atoms with Gasteiger partial charge in [-0.25, -0.2) is 4.90 Å². The van der Waals surface area contributed by atoms with Crippen LogP contribution in [0.4, 0.5) is 11.4 Å². The molecule has 0 spiro atoms. The lowest BCUT2D eigenvalue weighted by Crippen LogP contribution is -2.40. The molecule has 6 atom stereocenters. The van der Waals surface area contributed by atoms with Crippen molar-refractivity contribution in [3.05, 3.63) is 71.3 Å². The standard InChI is InChI=1S/C26H24N2O3/c1-13-6-7-14(2)21(10-13)27-24(29)15-4-3-5-16(11-15)28-25(30)22-17-8-9-18(20-12-19(17)20)23(22)26(28)31/h3-11,17-20,22-23H,12H2,1-2H3,(H,27,29)/t17-,18-,19-,20+,22+,23+/m0/s1. The second kappa shape index (κ2) is 6.39. The van der Waals surface area contributed by atoms with Gasteiger partial charge in [0.2, 0.25) is 11.8 Å². The van der Waals surface area contributed by atoms with E-state index in [1.165, 1.54) is 4.90 Å². The maximum absolute atomic E-state index is 13.3. The number of imide groups is 1. The SMILES string of the molecule is Cc1ccc(C)c(NC(=O)c2cccc(N3C(=O)[C@@H]4[C@H]5C=C[C@@H]([C@@H]6C[C@H]56)[C@H]4C3=O)c2)c1. The number of rotatable bonds is 3. The highest BCUT2D eigenvalue weighted by atomic mass is 16.2. The largest absolute Gasteiger partial charge is 0.322 e. The van der Waals surface area contributed by atoms with Gasteiger partial charge in [-0.05, 0) is 79.3 Å². The van der Waals surface area contributed by atoms with Gasteiger partial charge in [-0.2, -0.15) is 0 Å². The Morgan fingerprint density at radius 3 is 2.29 bits per heavy atom. The van der Waals surface area contributed by atoms with E-state index in [1.54, 1.807) is 24.3 Å². The smallest absolute Gasteiger partial charge is 0.255 e. The Labute approximate surface area is 181 Å². The van der Waals surface area contributed by atoms with Gasteiger partial charge in [-0.1, -0.05) is 30.4 Å². The molecule has 1 N–H and O–H groups in total. The number of aryl methyl sites for hydroxylation is 2. The molecule has 5 heteroatoms. The predicted octanol–water partition coefficient (Wildman–Crippen LogP) is 4.11. The number of anilines is 2. The minimum Gasteiger partial charge on any atom is -0.322 e. The Hall–Kier alpha value is -3.21. The molecular formula is C26H24N2O3. The summed E-state index contributed by atoms with van der Waals surface area (Å²) in [6.45, 7) is 3.92. The average molecular weight is 412 g/mol. The van der Waals surface area contributed by atoms with Gasteiger partial charge in [0.1, 0.15) is 0 Å². The summed E-state index contributed by atoms with van der Waals surface area (Å²) in [6, 6.07) is 12.8. The number of nitrogens with zero attached hydrogens (tertiary/aromatic N) is 1. The number of allylic oxidation sites excluding steroid dienone is 2. The van der Waals surface area contributed by atoms with Crippen LogP contribution in [-0.4, -0.2) is 17.7 Å². The van der Waals surface area contributed by atoms with Crippen LogP contribution in [0.1, 0.15) is 27.9 Å². The molecule has 5 nitrogen and oxygen atoms in total. The fraction of sp³-hybridized carbons (Fsp3) is 0.346. The molecule has 2 saturated carbocycles. The van der Waals surface area contributed by atoms with E-state index < -0.39 is 0 Å². The maximum Gasteiger partial charge on any atom is 0.255 e. The minimum absolute atomic E-state index is 0.105. The van der Waals surface area contributed by atoms with Crippen molar-refractivity contribution in [2.24, 2.45) is 35.5 Å². The molecule has 3 fully saturated rings. The third kappa shape index (κ3) is 2.65. The van der Waals surface area contributed by atoms with Gasteiger partial charge in [0, 0.05) is 11.3 Å². The number of carbonyl (C=O) groups excluding carboxylic acids is 3. The van der Waals surface area contributed by atoms with Crippen molar-refractivity contribution >= 4 is 29.1 Å². The summed E-state index contributed by atoms with van der Waals surface area (Å²) in [7, 11) is 0. The second-order valence-electron chi connectivity index (χ2n) is 9.49. The zero-order valence-electron chi connectivity index (χ0n) is 17.5. The molecule has 156 valence electrons. The van der Waals surface area contributed by atoms with E-state index in [9.17, 15) is 14.4 Å². The van der Waals surface area contributed by atoms with Crippen LogP contribution in [0, 0.1) is 49.4 Å². The zero-order chi connectivity index (χ0) is 21.4. The van der Waals surface area contributed by atoms with Crippen LogP contribution in [-0.2, 0) is 9.59 Å². The molecule has 0 unspecified atom stereocenters. The molecule has 0 aromatic heterocycles. The fourth-order valence-corrected chi connectivity index (χ4v) is 6.06. The summed E-state index contributed by atoms with van der Waals surface area (Å²) in [4.78, 5) is 40.9. The number of carbonyl (C=O) groups is 3. The van der Waals surface area contributed by atoms with Crippen LogP contribution in [0.2, 0.25) is 0 Å². The average Bonchev–Trinajstić information content (AvgIpc) is 3.54. The molecule has 2 aromatic carbocycles. The molecule has 1 aliphatic heterocycles. The quantitative estimate of drug-likeness (QED) is 0.609. The van der Waals surface area contributed by atoms with Crippen LogP contribution in [0.15, 0.2) is 54.6 Å². The van der Waals surface area contributed by atoms with Gasteiger partial charge in [-0.15, -0.1) is 0 Å². The van der Waals surface area contributed by atoms with E-state index in [1.807, 2.05) is 32.0 Å². The molecule has 4 aliphatic carbocycles. The molecule has 31 heavy (non-hydrogen) atoms. The van der Waals surface area contributed by atoms with Crippen molar-refractivity contribution in [2.45, 2.75) is 20.3 Å². The predicted molar refractivity (Wildman–Crippen MR) is 118 cm³/mol. The van der Waals surface area contributed by atoms with E-state index in [0.29, 0.717) is 23.1 Å². The van der Waals surface area contributed by atoms with Crippen molar-refractivity contribution in [3.8, 4) is 0 Å². The molecule has 2 bridgehead atoms. The number of hydrogen-bond acceptors (Lipinski definition) is 3. The summed E-state index contributed by atoms with van der Waals surface area (Å²) in [6.07, 6.45) is 5.48. The molecule has 3 amide bonds.